The molecular formula is C12H17N3O3S. The number of aliphatic hydroxyl groups is 1. The fourth-order valence-corrected chi connectivity index (χ4v) is 2.61. The summed E-state index contributed by atoms with van der Waals surface area (Å²) in [6, 6.07) is 4.54. The van der Waals surface area contributed by atoms with E-state index >= 15 is 0 Å². The predicted octanol–water partition coefficient (Wildman–Crippen LogP) is 1.02. The van der Waals surface area contributed by atoms with Crippen molar-refractivity contribution in [3.63, 3.8) is 0 Å². The van der Waals surface area contributed by atoms with Gasteiger partial charge in [0.25, 0.3) is 0 Å². The highest BCUT2D eigenvalue weighted by Crippen LogP contribution is 2.23. The summed E-state index contributed by atoms with van der Waals surface area (Å²) < 4.78 is 24.6. The Labute approximate surface area is 112 Å². The molecule has 1 aromatic heterocycles. The summed E-state index contributed by atoms with van der Waals surface area (Å²) in [5, 5.41) is 17.4. The molecule has 1 heterocycles. The maximum Gasteiger partial charge on any atom is 0.175 e. The largest absolute Gasteiger partial charge is 0.394 e. The zero-order valence-corrected chi connectivity index (χ0v) is 11.9. The van der Waals surface area contributed by atoms with Gasteiger partial charge in [0.15, 0.2) is 9.84 Å². The molecule has 19 heavy (non-hydrogen) atoms. The Hall–Kier alpha value is -1.47. The molecule has 104 valence electrons. The van der Waals surface area contributed by atoms with Gasteiger partial charge in [-0.15, -0.1) is 5.10 Å². The van der Waals surface area contributed by atoms with Crippen LogP contribution in [0.1, 0.15) is 19.9 Å². The Kier molecular flexibility index (Phi) is 3.60. The van der Waals surface area contributed by atoms with Crippen molar-refractivity contribution in [3.05, 3.63) is 18.2 Å². The zero-order valence-electron chi connectivity index (χ0n) is 11.1. The van der Waals surface area contributed by atoms with Crippen LogP contribution in [0.3, 0.4) is 0 Å². The minimum absolute atomic E-state index is 0.0377. The summed E-state index contributed by atoms with van der Waals surface area (Å²) in [5.41, 5.74) is 1.24. The molecule has 1 aromatic carbocycles. The molecule has 0 saturated carbocycles. The quantitative estimate of drug-likeness (QED) is 0.905. The van der Waals surface area contributed by atoms with E-state index in [0.717, 1.165) is 11.8 Å². The average Bonchev–Trinajstić information content (AvgIpc) is 2.72. The summed E-state index contributed by atoms with van der Waals surface area (Å²) in [6.07, 6.45) is 1.16. The molecule has 1 atom stereocenters. The molecule has 6 nitrogen and oxygen atoms in total. The number of nitrogens with zero attached hydrogens (tertiary/aromatic N) is 3. The van der Waals surface area contributed by atoms with E-state index in [0.29, 0.717) is 5.52 Å². The first-order chi connectivity index (χ1) is 8.84. The minimum atomic E-state index is -3.25. The summed E-state index contributed by atoms with van der Waals surface area (Å²) in [7, 11) is -3.25. The van der Waals surface area contributed by atoms with Crippen LogP contribution in [0.2, 0.25) is 0 Å². The zero-order chi connectivity index (χ0) is 14.2. The third-order valence-corrected chi connectivity index (χ3v) is 4.25. The lowest BCUT2D eigenvalue weighted by Gasteiger charge is -2.18. The molecule has 0 spiro atoms. The standard InChI is InChI=1S/C12H17N3O3S/c1-8(2)12(7-16)15-11-5-4-9(19(3,17)18)6-10(11)13-14-15/h4-6,8,12,16H,7H2,1-3H3. The summed E-state index contributed by atoms with van der Waals surface area (Å²) in [6.45, 7) is 3.93. The van der Waals surface area contributed by atoms with E-state index in [9.17, 15) is 13.5 Å². The van der Waals surface area contributed by atoms with E-state index < -0.39 is 9.84 Å². The van der Waals surface area contributed by atoms with Gasteiger partial charge in [-0.05, 0) is 24.1 Å². The Balaban J connectivity index is 2.57. The second kappa shape index (κ2) is 4.90. The van der Waals surface area contributed by atoms with E-state index in [1.165, 1.54) is 12.1 Å². The molecule has 0 aliphatic heterocycles. The van der Waals surface area contributed by atoms with Gasteiger partial charge in [0, 0.05) is 6.26 Å². The van der Waals surface area contributed by atoms with Crippen molar-refractivity contribution in [1.82, 2.24) is 15.0 Å². The number of sulfone groups is 1. The third kappa shape index (κ3) is 2.62. The van der Waals surface area contributed by atoms with Crippen molar-refractivity contribution in [1.29, 1.82) is 0 Å². The van der Waals surface area contributed by atoms with Crippen molar-refractivity contribution in [3.8, 4) is 0 Å². The van der Waals surface area contributed by atoms with Crippen LogP contribution in [0.25, 0.3) is 11.0 Å². The van der Waals surface area contributed by atoms with Crippen molar-refractivity contribution in [2.75, 3.05) is 12.9 Å². The van der Waals surface area contributed by atoms with Crippen molar-refractivity contribution >= 4 is 20.9 Å². The first-order valence-corrected chi connectivity index (χ1v) is 7.89. The molecule has 7 heteroatoms. The highest BCUT2D eigenvalue weighted by atomic mass is 32.2. The highest BCUT2D eigenvalue weighted by Gasteiger charge is 2.19. The monoisotopic (exact) mass is 283 g/mol. The van der Waals surface area contributed by atoms with Crippen LogP contribution in [0.4, 0.5) is 0 Å². The number of aromatic nitrogens is 3. The Bertz CT molecular complexity index is 691. The second-order valence-electron chi connectivity index (χ2n) is 4.95. The molecule has 1 unspecified atom stereocenters. The predicted molar refractivity (Wildman–Crippen MR) is 71.6 cm³/mol. The van der Waals surface area contributed by atoms with E-state index in [4.69, 9.17) is 0 Å². The van der Waals surface area contributed by atoms with Gasteiger partial charge >= 0.3 is 0 Å². The second-order valence-corrected chi connectivity index (χ2v) is 6.97. The molecule has 0 aliphatic rings. The van der Waals surface area contributed by atoms with Crippen LogP contribution in [0, 0.1) is 5.92 Å². The lowest BCUT2D eigenvalue weighted by atomic mass is 10.1. The number of benzene rings is 1. The van der Waals surface area contributed by atoms with Gasteiger partial charge in [0.05, 0.1) is 23.1 Å². The van der Waals surface area contributed by atoms with Crippen molar-refractivity contribution in [2.45, 2.75) is 24.8 Å². The molecule has 0 radical (unpaired) electrons. The molecule has 0 amide bonds. The Morgan fingerprint density at radius 2 is 2.05 bits per heavy atom. The minimum Gasteiger partial charge on any atom is -0.394 e. The topological polar surface area (TPSA) is 85.1 Å². The first kappa shape index (κ1) is 14.0. The number of hydrogen-bond donors (Lipinski definition) is 1. The van der Waals surface area contributed by atoms with Gasteiger partial charge in [0.1, 0.15) is 5.52 Å². The normalized spacial score (nSPS) is 14.2. The number of rotatable bonds is 4. The van der Waals surface area contributed by atoms with Gasteiger partial charge in [-0.2, -0.15) is 0 Å². The van der Waals surface area contributed by atoms with Crippen LogP contribution in [0.5, 0.6) is 0 Å². The Morgan fingerprint density at radius 1 is 1.37 bits per heavy atom. The number of fused-ring (bicyclic) bond motifs is 1. The number of aliphatic hydroxyl groups excluding tert-OH is 1. The molecule has 0 bridgehead atoms. The molecule has 1 N–H and O–H groups in total. The van der Waals surface area contributed by atoms with E-state index in [2.05, 4.69) is 10.3 Å². The van der Waals surface area contributed by atoms with Crippen molar-refractivity contribution in [2.24, 2.45) is 5.92 Å². The SMILES string of the molecule is CC(C)C(CO)n1nnc2cc(S(C)(=O)=O)ccc21. The fourth-order valence-electron chi connectivity index (χ4n) is 1.97. The maximum atomic E-state index is 11.5. The lowest BCUT2D eigenvalue weighted by Crippen LogP contribution is -2.20. The maximum absolute atomic E-state index is 11.5. The molecule has 2 aromatic rings. The van der Waals surface area contributed by atoms with Gasteiger partial charge in [0.2, 0.25) is 0 Å². The van der Waals surface area contributed by atoms with Crippen LogP contribution < -0.4 is 0 Å². The molecule has 0 saturated heterocycles. The average molecular weight is 283 g/mol. The van der Waals surface area contributed by atoms with E-state index in [1.54, 1.807) is 10.7 Å². The van der Waals surface area contributed by atoms with Crippen LogP contribution in [0.15, 0.2) is 23.1 Å². The molecule has 0 aliphatic carbocycles. The number of hydrogen-bond acceptors (Lipinski definition) is 5. The third-order valence-electron chi connectivity index (χ3n) is 3.14. The van der Waals surface area contributed by atoms with Crippen molar-refractivity contribution < 1.29 is 13.5 Å². The van der Waals surface area contributed by atoms with Crippen LogP contribution in [-0.2, 0) is 9.84 Å². The summed E-state index contributed by atoms with van der Waals surface area (Å²) >= 11 is 0. The molecule has 0 fully saturated rings. The smallest absolute Gasteiger partial charge is 0.175 e. The highest BCUT2D eigenvalue weighted by molar-refractivity contribution is 7.90. The van der Waals surface area contributed by atoms with Gasteiger partial charge < -0.3 is 5.11 Å². The van der Waals surface area contributed by atoms with E-state index in [1.807, 2.05) is 13.8 Å². The van der Waals surface area contributed by atoms with E-state index in [-0.39, 0.29) is 23.5 Å². The molecular weight excluding hydrogens is 266 g/mol. The lowest BCUT2D eigenvalue weighted by molar-refractivity contribution is 0.184. The fraction of sp³-hybridized carbons (Fsp3) is 0.500. The van der Waals surface area contributed by atoms with Gasteiger partial charge in [-0.3, -0.25) is 0 Å². The van der Waals surface area contributed by atoms with Gasteiger partial charge in [-0.25, -0.2) is 13.1 Å². The summed E-state index contributed by atoms with van der Waals surface area (Å²) in [5.74, 6) is 0.199. The van der Waals surface area contributed by atoms with Crippen LogP contribution in [-0.4, -0.2) is 41.4 Å². The molecule has 2 rings (SSSR count). The first-order valence-electron chi connectivity index (χ1n) is 6.00. The summed E-state index contributed by atoms with van der Waals surface area (Å²) in [4.78, 5) is 0.220. The Morgan fingerprint density at radius 3 is 2.58 bits per heavy atom. The van der Waals surface area contributed by atoms with Gasteiger partial charge in [-0.1, -0.05) is 19.1 Å². The van der Waals surface area contributed by atoms with Crippen LogP contribution >= 0.6 is 0 Å².